The van der Waals surface area contributed by atoms with E-state index in [1.165, 1.54) is 11.1 Å². The molecule has 0 saturated heterocycles. The van der Waals surface area contributed by atoms with E-state index in [4.69, 9.17) is 5.73 Å². The quantitative estimate of drug-likeness (QED) is 0.719. The first kappa shape index (κ1) is 16.3. The predicted octanol–water partition coefficient (Wildman–Crippen LogP) is 3.88. The van der Waals surface area contributed by atoms with Crippen molar-refractivity contribution in [3.63, 3.8) is 0 Å². The smallest absolute Gasteiger partial charge is 0.248 e. The summed E-state index contributed by atoms with van der Waals surface area (Å²) in [6, 6.07) is 13.8. The molecule has 0 aliphatic heterocycles. The molecule has 0 atom stereocenters. The van der Waals surface area contributed by atoms with E-state index in [0.29, 0.717) is 5.56 Å². The molecule has 0 fully saturated rings. The SMILES string of the molecule is Cc1ccc(C)c(-n2ccnc2SCc2ccc(C(N)=O)cc2)c1. The number of hydrogen-bond acceptors (Lipinski definition) is 3. The molecule has 2 N–H and O–H groups in total. The number of aryl methyl sites for hydroxylation is 2. The molecule has 4 nitrogen and oxygen atoms in total. The summed E-state index contributed by atoms with van der Waals surface area (Å²) in [5, 5.41) is 0.947. The van der Waals surface area contributed by atoms with Gasteiger partial charge in [-0.1, -0.05) is 36.0 Å². The van der Waals surface area contributed by atoms with Gasteiger partial charge in [-0.3, -0.25) is 9.36 Å². The van der Waals surface area contributed by atoms with Gasteiger partial charge in [-0.05, 0) is 48.7 Å². The van der Waals surface area contributed by atoms with E-state index in [1.807, 2.05) is 24.5 Å². The minimum absolute atomic E-state index is 0.403. The zero-order chi connectivity index (χ0) is 17.1. The molecule has 1 amide bonds. The Bertz CT molecular complexity index is 869. The lowest BCUT2D eigenvalue weighted by molar-refractivity contribution is 0.100. The van der Waals surface area contributed by atoms with Gasteiger partial charge in [-0.15, -0.1) is 0 Å². The molecular weight excluding hydrogens is 318 g/mol. The van der Waals surface area contributed by atoms with Crippen LogP contribution in [0, 0.1) is 13.8 Å². The Labute approximate surface area is 145 Å². The van der Waals surface area contributed by atoms with Gasteiger partial charge in [0.15, 0.2) is 5.16 Å². The van der Waals surface area contributed by atoms with E-state index in [2.05, 4.69) is 41.6 Å². The average molecular weight is 337 g/mol. The highest BCUT2D eigenvalue weighted by Gasteiger charge is 2.09. The monoisotopic (exact) mass is 337 g/mol. The minimum atomic E-state index is -0.403. The third kappa shape index (κ3) is 3.51. The molecule has 0 aliphatic rings. The number of aromatic nitrogens is 2. The highest BCUT2D eigenvalue weighted by molar-refractivity contribution is 7.98. The van der Waals surface area contributed by atoms with Crippen molar-refractivity contribution in [2.45, 2.75) is 24.8 Å². The lowest BCUT2D eigenvalue weighted by Gasteiger charge is -2.11. The van der Waals surface area contributed by atoms with Crippen LogP contribution in [-0.2, 0) is 5.75 Å². The number of benzene rings is 2. The Balaban J connectivity index is 1.79. The highest BCUT2D eigenvalue weighted by atomic mass is 32.2. The van der Waals surface area contributed by atoms with Gasteiger partial charge in [0.25, 0.3) is 0 Å². The van der Waals surface area contributed by atoms with Gasteiger partial charge in [-0.25, -0.2) is 4.98 Å². The maximum atomic E-state index is 11.1. The normalized spacial score (nSPS) is 10.8. The predicted molar refractivity (Wildman–Crippen MR) is 97.6 cm³/mol. The summed E-state index contributed by atoms with van der Waals surface area (Å²) in [7, 11) is 0. The largest absolute Gasteiger partial charge is 0.366 e. The first-order valence-corrected chi connectivity index (χ1v) is 8.65. The van der Waals surface area contributed by atoms with E-state index in [0.717, 1.165) is 22.2 Å². The Morgan fingerprint density at radius 3 is 2.62 bits per heavy atom. The Morgan fingerprint density at radius 1 is 1.17 bits per heavy atom. The molecule has 1 heterocycles. The summed E-state index contributed by atoms with van der Waals surface area (Å²) in [4.78, 5) is 15.6. The average Bonchev–Trinajstić information content (AvgIpc) is 3.04. The van der Waals surface area contributed by atoms with Crippen molar-refractivity contribution in [3.8, 4) is 5.69 Å². The van der Waals surface area contributed by atoms with E-state index in [-0.39, 0.29) is 0 Å². The van der Waals surface area contributed by atoms with Crippen LogP contribution in [0.1, 0.15) is 27.0 Å². The molecule has 24 heavy (non-hydrogen) atoms. The summed E-state index contributed by atoms with van der Waals surface area (Å²) in [6.07, 6.45) is 3.81. The fraction of sp³-hybridized carbons (Fsp3) is 0.158. The first-order valence-electron chi connectivity index (χ1n) is 7.67. The van der Waals surface area contributed by atoms with Gasteiger partial charge >= 0.3 is 0 Å². The van der Waals surface area contributed by atoms with Crippen molar-refractivity contribution in [1.82, 2.24) is 9.55 Å². The van der Waals surface area contributed by atoms with Gasteiger partial charge in [0, 0.05) is 23.7 Å². The standard InChI is InChI=1S/C19H19N3OS/c1-13-3-4-14(2)17(11-13)22-10-9-21-19(22)24-12-15-5-7-16(8-6-15)18(20)23/h3-11H,12H2,1-2H3,(H2,20,23). The van der Waals surface area contributed by atoms with Gasteiger partial charge in [-0.2, -0.15) is 0 Å². The van der Waals surface area contributed by atoms with Crippen molar-refractivity contribution >= 4 is 17.7 Å². The molecule has 0 saturated carbocycles. The number of rotatable bonds is 5. The topological polar surface area (TPSA) is 60.9 Å². The zero-order valence-electron chi connectivity index (χ0n) is 13.7. The summed E-state index contributed by atoms with van der Waals surface area (Å²) in [6.45, 7) is 4.19. The second kappa shape index (κ2) is 6.93. The molecule has 0 spiro atoms. The van der Waals surface area contributed by atoms with Crippen LogP contribution in [0.5, 0.6) is 0 Å². The molecule has 0 aliphatic carbocycles. The Morgan fingerprint density at radius 2 is 1.92 bits per heavy atom. The van der Waals surface area contributed by atoms with Gasteiger partial charge in [0.05, 0.1) is 5.69 Å². The third-order valence-corrected chi connectivity index (χ3v) is 4.88. The number of carbonyl (C=O) groups excluding carboxylic acids is 1. The van der Waals surface area contributed by atoms with Crippen LogP contribution in [-0.4, -0.2) is 15.5 Å². The van der Waals surface area contributed by atoms with E-state index >= 15 is 0 Å². The number of primary amides is 1. The number of carbonyl (C=O) groups is 1. The van der Waals surface area contributed by atoms with E-state index in [9.17, 15) is 4.79 Å². The molecule has 0 radical (unpaired) electrons. The number of nitrogens with zero attached hydrogens (tertiary/aromatic N) is 2. The molecular formula is C19H19N3OS. The van der Waals surface area contributed by atoms with E-state index in [1.54, 1.807) is 23.9 Å². The molecule has 0 unspecified atom stereocenters. The fourth-order valence-corrected chi connectivity index (χ4v) is 3.39. The van der Waals surface area contributed by atoms with Crippen molar-refractivity contribution < 1.29 is 4.79 Å². The lowest BCUT2D eigenvalue weighted by Crippen LogP contribution is -2.10. The second-order valence-electron chi connectivity index (χ2n) is 5.72. The van der Waals surface area contributed by atoms with Crippen molar-refractivity contribution in [1.29, 1.82) is 0 Å². The molecule has 3 aromatic rings. The molecule has 5 heteroatoms. The number of thioether (sulfide) groups is 1. The number of amides is 1. The fourth-order valence-electron chi connectivity index (χ4n) is 2.47. The second-order valence-corrected chi connectivity index (χ2v) is 6.66. The van der Waals surface area contributed by atoms with Crippen LogP contribution < -0.4 is 5.73 Å². The van der Waals surface area contributed by atoms with Gasteiger partial charge in [0.2, 0.25) is 5.91 Å². The van der Waals surface area contributed by atoms with Crippen LogP contribution in [0.3, 0.4) is 0 Å². The third-order valence-electron chi connectivity index (χ3n) is 3.84. The number of imidazole rings is 1. The number of hydrogen-bond donors (Lipinski definition) is 1. The van der Waals surface area contributed by atoms with Gasteiger partial charge < -0.3 is 5.73 Å². The molecule has 3 rings (SSSR count). The van der Waals surface area contributed by atoms with Gasteiger partial charge in [0.1, 0.15) is 0 Å². The van der Waals surface area contributed by atoms with Crippen LogP contribution in [0.25, 0.3) is 5.69 Å². The lowest BCUT2D eigenvalue weighted by atomic mass is 10.1. The van der Waals surface area contributed by atoms with Crippen LogP contribution >= 0.6 is 11.8 Å². The van der Waals surface area contributed by atoms with Crippen molar-refractivity contribution in [2.24, 2.45) is 5.73 Å². The van der Waals surface area contributed by atoms with Crippen LogP contribution in [0.2, 0.25) is 0 Å². The van der Waals surface area contributed by atoms with Crippen molar-refractivity contribution in [3.05, 3.63) is 77.1 Å². The Hall–Kier alpha value is -2.53. The summed E-state index contributed by atoms with van der Waals surface area (Å²) in [5.74, 6) is 0.376. The number of nitrogens with two attached hydrogens (primary N) is 1. The molecule has 122 valence electrons. The Kier molecular flexibility index (Phi) is 4.71. The van der Waals surface area contributed by atoms with Crippen LogP contribution in [0.15, 0.2) is 60.0 Å². The summed E-state index contributed by atoms with van der Waals surface area (Å²) >= 11 is 1.67. The van der Waals surface area contributed by atoms with E-state index < -0.39 is 5.91 Å². The maximum Gasteiger partial charge on any atom is 0.248 e. The summed E-state index contributed by atoms with van der Waals surface area (Å²) in [5.41, 5.74) is 10.5. The maximum absolute atomic E-state index is 11.1. The summed E-state index contributed by atoms with van der Waals surface area (Å²) < 4.78 is 2.12. The molecule has 2 aromatic carbocycles. The highest BCUT2D eigenvalue weighted by Crippen LogP contribution is 2.26. The van der Waals surface area contributed by atoms with Crippen LogP contribution in [0.4, 0.5) is 0 Å². The molecule has 1 aromatic heterocycles. The van der Waals surface area contributed by atoms with Crippen molar-refractivity contribution in [2.75, 3.05) is 0 Å². The molecule has 0 bridgehead atoms. The first-order chi connectivity index (χ1) is 11.5. The minimum Gasteiger partial charge on any atom is -0.366 e. The zero-order valence-corrected chi connectivity index (χ0v) is 14.5.